The average molecular weight is 690 g/mol. The van der Waals surface area contributed by atoms with Crippen LogP contribution in [0.1, 0.15) is 32.1 Å². The molecule has 4 aromatic rings. The topological polar surface area (TPSA) is 133 Å². The van der Waals surface area contributed by atoms with Gasteiger partial charge in [-0.15, -0.1) is 0 Å². The number of phenolic OH excluding ortho intramolecular Hbond substituents is 1. The molecule has 1 unspecified atom stereocenters. The maximum absolute atomic E-state index is 16.8. The lowest BCUT2D eigenvalue weighted by Crippen LogP contribution is -2.56. The van der Waals surface area contributed by atoms with E-state index in [1.807, 2.05) is 4.90 Å². The first kappa shape index (κ1) is 30.8. The van der Waals surface area contributed by atoms with Gasteiger partial charge < -0.3 is 14.7 Å². The lowest BCUT2D eigenvalue weighted by atomic mass is 9.90. The Hall–Kier alpha value is -3.50. The number of phenols is 1. The van der Waals surface area contributed by atoms with Gasteiger partial charge in [0.1, 0.15) is 41.4 Å². The van der Waals surface area contributed by atoms with Crippen LogP contribution in [-0.2, 0) is 10.2 Å². The van der Waals surface area contributed by atoms with Gasteiger partial charge in [0.25, 0.3) is 10.2 Å². The third-order valence-electron chi connectivity index (χ3n) is 9.95. The molecule has 3 N–H and O–H groups in total. The summed E-state index contributed by atoms with van der Waals surface area (Å²) < 4.78 is 81.8. The molecule has 0 radical (unpaired) electrons. The maximum Gasteiger partial charge on any atom is 0.319 e. The summed E-state index contributed by atoms with van der Waals surface area (Å²) in [4.78, 5) is 17.5. The third kappa shape index (κ3) is 5.23. The first-order valence-corrected chi connectivity index (χ1v) is 17.3. The summed E-state index contributed by atoms with van der Waals surface area (Å²) in [6, 6.07) is 5.12. The minimum Gasteiger partial charge on any atom is -0.508 e. The number of aromatic nitrogens is 3. The van der Waals surface area contributed by atoms with E-state index in [9.17, 15) is 22.3 Å². The number of fused-ring (bicyclic) bond motifs is 3. The standard InChI is InChI=1S/C31H31ClF3N7O4S/c32-24-22(34)4-3-17-9-19(43)10-20(23(17)24)26-25(35)27-21(12-36-26)28(41-7-1-5-30(15-41)14-37-47(44,45)40-30)39-29(38-27)46-16-31-6-2-8-42(31)13-18(33)11-31/h3-4,9-10,12,18,37,40,43H,1-2,5-8,11,13-16H2/t18-,30?,31+/m1/s1. The highest BCUT2D eigenvalue weighted by Crippen LogP contribution is 2.43. The zero-order valence-corrected chi connectivity index (χ0v) is 26.6. The van der Waals surface area contributed by atoms with Crippen LogP contribution in [0.5, 0.6) is 11.8 Å². The summed E-state index contributed by atoms with van der Waals surface area (Å²) in [5.41, 5.74) is -1.61. The minimum atomic E-state index is -3.66. The van der Waals surface area contributed by atoms with Gasteiger partial charge in [-0.2, -0.15) is 23.1 Å². The van der Waals surface area contributed by atoms with Crippen molar-refractivity contribution in [3.8, 4) is 23.0 Å². The Balaban J connectivity index is 1.26. The smallest absolute Gasteiger partial charge is 0.319 e. The van der Waals surface area contributed by atoms with E-state index in [-0.39, 0.29) is 64.0 Å². The quantitative estimate of drug-likeness (QED) is 0.282. The molecule has 47 heavy (non-hydrogen) atoms. The maximum atomic E-state index is 16.8. The number of piperidine rings is 1. The molecule has 4 aliphatic heterocycles. The van der Waals surface area contributed by atoms with Crippen LogP contribution in [0.15, 0.2) is 30.5 Å². The van der Waals surface area contributed by atoms with Crippen LogP contribution in [0.25, 0.3) is 32.9 Å². The van der Waals surface area contributed by atoms with E-state index >= 15 is 4.39 Å². The van der Waals surface area contributed by atoms with Crippen molar-refractivity contribution in [2.24, 2.45) is 0 Å². The van der Waals surface area contributed by atoms with Gasteiger partial charge in [0, 0.05) is 49.7 Å². The second-order valence-corrected chi connectivity index (χ2v) is 14.9. The summed E-state index contributed by atoms with van der Waals surface area (Å²) in [6.45, 7) is 2.11. The van der Waals surface area contributed by atoms with Crippen LogP contribution in [0, 0.1) is 11.6 Å². The highest BCUT2D eigenvalue weighted by Gasteiger charge is 2.49. The van der Waals surface area contributed by atoms with E-state index < -0.39 is 39.1 Å². The van der Waals surface area contributed by atoms with E-state index in [0.29, 0.717) is 43.6 Å². The van der Waals surface area contributed by atoms with Crippen LogP contribution in [0.3, 0.4) is 0 Å². The van der Waals surface area contributed by atoms with Gasteiger partial charge in [-0.3, -0.25) is 9.88 Å². The van der Waals surface area contributed by atoms with Crippen LogP contribution < -0.4 is 19.1 Å². The van der Waals surface area contributed by atoms with E-state index in [4.69, 9.17) is 21.3 Å². The van der Waals surface area contributed by atoms with Crippen LogP contribution in [0.4, 0.5) is 19.0 Å². The molecule has 2 aromatic carbocycles. The molecule has 4 saturated heterocycles. The largest absolute Gasteiger partial charge is 0.508 e. The lowest BCUT2D eigenvalue weighted by Gasteiger charge is -2.40. The Kier molecular flexibility index (Phi) is 7.22. The number of ether oxygens (including phenoxy) is 1. The van der Waals surface area contributed by atoms with E-state index in [0.717, 1.165) is 25.5 Å². The summed E-state index contributed by atoms with van der Waals surface area (Å²) in [5, 5.41) is 11.0. The van der Waals surface area contributed by atoms with Crippen molar-refractivity contribution in [3.05, 3.63) is 47.1 Å². The molecule has 1 spiro atoms. The fourth-order valence-corrected chi connectivity index (χ4v) is 9.48. The number of halogens is 4. The molecule has 11 nitrogen and oxygen atoms in total. The third-order valence-corrected chi connectivity index (χ3v) is 11.5. The minimum absolute atomic E-state index is 0.0651. The van der Waals surface area contributed by atoms with E-state index in [1.165, 1.54) is 24.4 Å². The number of pyridine rings is 1. The molecule has 0 saturated carbocycles. The Morgan fingerprint density at radius 1 is 1.15 bits per heavy atom. The van der Waals surface area contributed by atoms with Crippen LogP contribution in [-0.4, -0.2) is 90.0 Å². The Labute approximate surface area is 273 Å². The van der Waals surface area contributed by atoms with Gasteiger partial charge in [0.2, 0.25) is 0 Å². The number of nitrogens with zero attached hydrogens (tertiary/aromatic N) is 5. The molecule has 16 heteroatoms. The molecule has 0 aliphatic carbocycles. The van der Waals surface area contributed by atoms with E-state index in [1.54, 1.807) is 0 Å². The lowest BCUT2D eigenvalue weighted by molar-refractivity contribution is 0.107. The molecule has 0 bridgehead atoms. The Bertz CT molecular complexity index is 2060. The summed E-state index contributed by atoms with van der Waals surface area (Å²) in [7, 11) is -3.66. The second-order valence-electron chi connectivity index (χ2n) is 13.1. The Morgan fingerprint density at radius 2 is 1.98 bits per heavy atom. The van der Waals surface area contributed by atoms with Gasteiger partial charge in [0.15, 0.2) is 5.82 Å². The van der Waals surface area contributed by atoms with Crippen LogP contribution in [0.2, 0.25) is 5.02 Å². The second kappa shape index (κ2) is 11.0. The van der Waals surface area contributed by atoms with Crippen LogP contribution >= 0.6 is 11.6 Å². The highest BCUT2D eigenvalue weighted by molar-refractivity contribution is 7.87. The summed E-state index contributed by atoms with van der Waals surface area (Å²) in [5.74, 6) is -1.48. The number of rotatable bonds is 5. The SMILES string of the molecule is O=S1(=O)NCC2(CCCN(c3nc(OC[C@@]45CCCN4C[C@H](F)C5)nc4c(F)c(-c5cc(O)cc6ccc(F)c(Cl)c56)ncc34)C2)N1. The first-order valence-electron chi connectivity index (χ1n) is 15.5. The number of alkyl halides is 1. The number of hydrogen-bond acceptors (Lipinski definition) is 9. The molecule has 248 valence electrons. The molecular formula is C31H31ClF3N7O4S. The van der Waals surface area contributed by atoms with Crippen molar-refractivity contribution in [2.45, 2.75) is 49.4 Å². The highest BCUT2D eigenvalue weighted by atomic mass is 35.5. The zero-order chi connectivity index (χ0) is 32.7. The van der Waals surface area contributed by atoms with E-state index in [2.05, 4.69) is 24.3 Å². The molecule has 2 aromatic heterocycles. The van der Waals surface area contributed by atoms with Gasteiger partial charge >= 0.3 is 6.01 Å². The molecule has 0 amide bonds. The number of aromatic hydroxyl groups is 1. The predicted molar refractivity (Wildman–Crippen MR) is 170 cm³/mol. The normalized spacial score (nSPS) is 27.3. The molecule has 4 fully saturated rings. The number of benzene rings is 2. The first-order chi connectivity index (χ1) is 22.4. The fourth-order valence-electron chi connectivity index (χ4n) is 7.86. The van der Waals surface area contributed by atoms with Crippen molar-refractivity contribution in [1.82, 2.24) is 29.3 Å². The van der Waals surface area contributed by atoms with Gasteiger partial charge in [-0.1, -0.05) is 17.7 Å². The molecule has 4 aliphatic rings. The molecule has 6 heterocycles. The number of nitrogens with one attached hydrogen (secondary N) is 2. The average Bonchev–Trinajstić information content (AvgIpc) is 3.66. The summed E-state index contributed by atoms with van der Waals surface area (Å²) >= 11 is 6.35. The van der Waals surface area contributed by atoms with Gasteiger partial charge in [-0.05, 0) is 55.8 Å². The Morgan fingerprint density at radius 3 is 2.79 bits per heavy atom. The van der Waals surface area contributed by atoms with Crippen molar-refractivity contribution in [1.29, 1.82) is 0 Å². The monoisotopic (exact) mass is 689 g/mol. The van der Waals surface area contributed by atoms with Crippen molar-refractivity contribution >= 4 is 49.3 Å². The fraction of sp³-hybridized carbons (Fsp3) is 0.452. The van der Waals surface area contributed by atoms with Crippen molar-refractivity contribution in [2.75, 3.05) is 44.2 Å². The summed E-state index contributed by atoms with van der Waals surface area (Å²) in [6.07, 6.45) is 3.61. The molecule has 3 atom stereocenters. The molecular weight excluding hydrogens is 659 g/mol. The molecule has 8 rings (SSSR count). The van der Waals surface area contributed by atoms with Gasteiger partial charge in [0.05, 0.1) is 21.5 Å². The van der Waals surface area contributed by atoms with Gasteiger partial charge in [-0.25, -0.2) is 17.9 Å². The zero-order valence-electron chi connectivity index (χ0n) is 25.1. The van der Waals surface area contributed by atoms with Crippen molar-refractivity contribution in [3.63, 3.8) is 0 Å². The predicted octanol–water partition coefficient (Wildman–Crippen LogP) is 4.21. The van der Waals surface area contributed by atoms with Crippen molar-refractivity contribution < 1.29 is 31.4 Å². The number of hydrogen-bond donors (Lipinski definition) is 3. The number of anilines is 1.